The first kappa shape index (κ1) is 21.5. The highest BCUT2D eigenvalue weighted by Gasteiger charge is 2.07. The van der Waals surface area contributed by atoms with Gasteiger partial charge in [0.05, 0.1) is 19.9 Å². The Balaban J connectivity index is 1.90. The number of carbonyl (C=O) groups excluding carboxylic acids is 2. The van der Waals surface area contributed by atoms with Crippen LogP contribution in [-0.4, -0.2) is 38.3 Å². The molecule has 0 atom stereocenters. The molecule has 9 heteroatoms. The highest BCUT2D eigenvalue weighted by molar-refractivity contribution is 14.1. The van der Waals surface area contributed by atoms with Crippen molar-refractivity contribution in [3.05, 3.63) is 51.1 Å². The topological polar surface area (TPSA) is 115 Å². The van der Waals surface area contributed by atoms with E-state index in [0.717, 1.165) is 14.8 Å². The summed E-state index contributed by atoms with van der Waals surface area (Å²) in [5, 5.41) is 6.97. The Morgan fingerprint density at radius 3 is 2.68 bits per heavy atom. The van der Waals surface area contributed by atoms with Gasteiger partial charge in [0.25, 0.3) is 11.8 Å². The Bertz CT molecular complexity index is 886. The number of anilines is 1. The minimum Gasteiger partial charge on any atom is -0.493 e. The molecular formula is C19H21IN4O4. The number of halogens is 1. The van der Waals surface area contributed by atoms with Crippen LogP contribution < -0.4 is 25.9 Å². The van der Waals surface area contributed by atoms with Gasteiger partial charge in [-0.15, -0.1) is 0 Å². The lowest BCUT2D eigenvalue weighted by molar-refractivity contribution is -0.120. The van der Waals surface area contributed by atoms with Crippen LogP contribution in [0.3, 0.4) is 0 Å². The predicted molar refractivity (Wildman–Crippen MR) is 116 cm³/mol. The summed E-state index contributed by atoms with van der Waals surface area (Å²) in [4.78, 5) is 22.8. The Labute approximate surface area is 176 Å². The maximum Gasteiger partial charge on any atom is 0.259 e. The highest BCUT2D eigenvalue weighted by atomic mass is 127. The van der Waals surface area contributed by atoms with E-state index in [1.807, 2.05) is 25.1 Å². The van der Waals surface area contributed by atoms with Crippen molar-refractivity contribution >= 4 is 46.3 Å². The number of hydrogen-bond donors (Lipinski definition) is 3. The third kappa shape index (κ3) is 6.72. The average Bonchev–Trinajstić information content (AvgIpc) is 2.67. The molecule has 0 aromatic heterocycles. The normalized spacial score (nSPS) is 10.5. The Hall–Kier alpha value is -2.82. The van der Waals surface area contributed by atoms with Crippen molar-refractivity contribution in [1.29, 1.82) is 0 Å². The maximum absolute atomic E-state index is 11.9. The lowest BCUT2D eigenvalue weighted by Gasteiger charge is -2.10. The van der Waals surface area contributed by atoms with Gasteiger partial charge in [-0.3, -0.25) is 9.59 Å². The molecule has 0 aliphatic heterocycles. The van der Waals surface area contributed by atoms with E-state index in [0.29, 0.717) is 17.1 Å². The fourth-order valence-electron chi connectivity index (χ4n) is 2.19. The first-order valence-corrected chi connectivity index (χ1v) is 9.38. The number of ether oxygens (including phenoxy) is 2. The molecule has 0 radical (unpaired) electrons. The molecule has 148 valence electrons. The third-order valence-corrected chi connectivity index (χ3v) is 4.78. The summed E-state index contributed by atoms with van der Waals surface area (Å²) in [5.41, 5.74) is 10.2. The Kier molecular flexibility index (Phi) is 8.05. The molecule has 2 aromatic carbocycles. The van der Waals surface area contributed by atoms with Gasteiger partial charge in [0.2, 0.25) is 0 Å². The van der Waals surface area contributed by atoms with Crippen molar-refractivity contribution in [2.45, 2.75) is 6.92 Å². The summed E-state index contributed by atoms with van der Waals surface area (Å²) in [6.45, 7) is 1.83. The zero-order valence-electron chi connectivity index (χ0n) is 15.5. The second kappa shape index (κ2) is 10.5. The number of primary amides is 1. The predicted octanol–water partition coefficient (Wildman–Crippen LogP) is 2.03. The van der Waals surface area contributed by atoms with E-state index < -0.39 is 5.91 Å². The first-order valence-electron chi connectivity index (χ1n) is 8.30. The molecular weight excluding hydrogens is 475 g/mol. The number of carbonyl (C=O) groups is 2. The van der Waals surface area contributed by atoms with E-state index in [1.165, 1.54) is 13.3 Å². The molecule has 0 aliphatic rings. The van der Waals surface area contributed by atoms with E-state index in [4.69, 9.17) is 15.2 Å². The number of aryl methyl sites for hydroxylation is 1. The second-order valence-corrected chi connectivity index (χ2v) is 6.94. The largest absolute Gasteiger partial charge is 0.493 e. The quantitative estimate of drug-likeness (QED) is 0.279. The number of nitrogens with two attached hydrogens (primary N) is 1. The van der Waals surface area contributed by atoms with Gasteiger partial charge < -0.3 is 20.5 Å². The number of hydrazone groups is 1. The fraction of sp³-hybridized carbons (Fsp3) is 0.211. The van der Waals surface area contributed by atoms with Crippen LogP contribution in [0, 0.1) is 10.5 Å². The minimum atomic E-state index is -0.593. The van der Waals surface area contributed by atoms with Crippen LogP contribution in [0.2, 0.25) is 0 Å². The van der Waals surface area contributed by atoms with E-state index in [-0.39, 0.29) is 19.1 Å². The number of nitrogens with zero attached hydrogens (tertiary/aromatic N) is 1. The highest BCUT2D eigenvalue weighted by Crippen LogP contribution is 2.27. The van der Waals surface area contributed by atoms with Crippen LogP contribution >= 0.6 is 22.6 Å². The van der Waals surface area contributed by atoms with E-state index >= 15 is 0 Å². The van der Waals surface area contributed by atoms with E-state index in [2.05, 4.69) is 38.4 Å². The monoisotopic (exact) mass is 496 g/mol. The van der Waals surface area contributed by atoms with Gasteiger partial charge in [0, 0.05) is 9.26 Å². The number of nitrogens with one attached hydrogen (secondary N) is 2. The van der Waals surface area contributed by atoms with Crippen LogP contribution in [-0.2, 0) is 9.59 Å². The number of benzene rings is 2. The van der Waals surface area contributed by atoms with Gasteiger partial charge in [-0.05, 0) is 77.0 Å². The van der Waals surface area contributed by atoms with Crippen LogP contribution in [0.5, 0.6) is 11.5 Å². The van der Waals surface area contributed by atoms with Gasteiger partial charge in [0.15, 0.2) is 18.1 Å². The molecule has 0 unspecified atom stereocenters. The molecule has 2 rings (SSSR count). The van der Waals surface area contributed by atoms with Crippen LogP contribution in [0.15, 0.2) is 41.5 Å². The smallest absolute Gasteiger partial charge is 0.259 e. The average molecular weight is 496 g/mol. The molecule has 0 aliphatic carbocycles. The van der Waals surface area contributed by atoms with Crippen LogP contribution in [0.25, 0.3) is 0 Å². The first-order chi connectivity index (χ1) is 13.4. The van der Waals surface area contributed by atoms with Gasteiger partial charge >= 0.3 is 0 Å². The standard InChI is InChI=1S/C19H21IN4O4/c1-12-7-14(4-5-15(12)20)22-10-19(26)24-23-9-13-3-6-16(27-2)17(8-13)28-11-18(21)25/h3-9,22H,10-11H2,1-2H3,(H2,21,25)(H,24,26)/b23-9-. The molecule has 0 spiro atoms. The van der Waals surface area contributed by atoms with Crippen molar-refractivity contribution in [3.8, 4) is 11.5 Å². The van der Waals surface area contributed by atoms with Crippen molar-refractivity contribution < 1.29 is 19.1 Å². The third-order valence-electron chi connectivity index (χ3n) is 3.57. The fourth-order valence-corrected chi connectivity index (χ4v) is 2.53. The van der Waals surface area contributed by atoms with Crippen molar-refractivity contribution in [2.24, 2.45) is 10.8 Å². The van der Waals surface area contributed by atoms with Crippen LogP contribution in [0.1, 0.15) is 11.1 Å². The molecule has 8 nitrogen and oxygen atoms in total. The Morgan fingerprint density at radius 2 is 2.00 bits per heavy atom. The molecule has 4 N–H and O–H groups in total. The van der Waals surface area contributed by atoms with E-state index in [9.17, 15) is 9.59 Å². The Morgan fingerprint density at radius 1 is 1.21 bits per heavy atom. The second-order valence-electron chi connectivity index (χ2n) is 5.78. The summed E-state index contributed by atoms with van der Waals surface area (Å²) < 4.78 is 11.6. The summed E-state index contributed by atoms with van der Waals surface area (Å²) in [6, 6.07) is 10.9. The number of hydrogen-bond acceptors (Lipinski definition) is 6. The van der Waals surface area contributed by atoms with Gasteiger partial charge in [-0.25, -0.2) is 5.43 Å². The number of amides is 2. The van der Waals surface area contributed by atoms with Gasteiger partial charge in [0.1, 0.15) is 0 Å². The molecule has 2 aromatic rings. The SMILES string of the molecule is COc1ccc(/C=N\NC(=O)CNc2ccc(I)c(C)c2)cc1OCC(N)=O. The number of rotatable bonds is 9. The summed E-state index contributed by atoms with van der Waals surface area (Å²) in [5.74, 6) is -0.0675. The lowest BCUT2D eigenvalue weighted by atomic mass is 10.2. The summed E-state index contributed by atoms with van der Waals surface area (Å²) in [7, 11) is 1.49. The summed E-state index contributed by atoms with van der Waals surface area (Å²) >= 11 is 2.26. The summed E-state index contributed by atoms with van der Waals surface area (Å²) in [6.07, 6.45) is 1.46. The molecule has 0 fully saturated rings. The van der Waals surface area contributed by atoms with Crippen molar-refractivity contribution in [2.75, 3.05) is 25.6 Å². The zero-order valence-corrected chi connectivity index (χ0v) is 17.6. The minimum absolute atomic E-state index is 0.0902. The molecule has 0 bridgehead atoms. The molecule has 0 saturated carbocycles. The van der Waals surface area contributed by atoms with Crippen LogP contribution in [0.4, 0.5) is 5.69 Å². The molecule has 0 saturated heterocycles. The molecule has 2 amide bonds. The van der Waals surface area contributed by atoms with Crippen molar-refractivity contribution in [1.82, 2.24) is 5.43 Å². The van der Waals surface area contributed by atoms with Gasteiger partial charge in [-0.1, -0.05) is 0 Å². The van der Waals surface area contributed by atoms with E-state index in [1.54, 1.807) is 18.2 Å². The maximum atomic E-state index is 11.9. The van der Waals surface area contributed by atoms with Gasteiger partial charge in [-0.2, -0.15) is 5.10 Å². The molecule has 0 heterocycles. The lowest BCUT2D eigenvalue weighted by Crippen LogP contribution is -2.25. The molecule has 28 heavy (non-hydrogen) atoms. The zero-order chi connectivity index (χ0) is 20.5. The van der Waals surface area contributed by atoms with Crippen molar-refractivity contribution in [3.63, 3.8) is 0 Å². The number of methoxy groups -OCH3 is 1.